The zero-order valence-corrected chi connectivity index (χ0v) is 16.9. The zero-order valence-electron chi connectivity index (χ0n) is 15.2. The highest BCUT2D eigenvalue weighted by molar-refractivity contribution is 7.88. The highest BCUT2D eigenvalue weighted by Crippen LogP contribution is 2.44. The van der Waals surface area contributed by atoms with E-state index in [2.05, 4.69) is 5.32 Å². The van der Waals surface area contributed by atoms with Gasteiger partial charge in [0.1, 0.15) is 5.75 Å². The molecule has 2 heterocycles. The minimum absolute atomic E-state index is 0. The molecule has 0 radical (unpaired) electrons. The van der Waals surface area contributed by atoms with E-state index in [-0.39, 0.29) is 24.2 Å². The van der Waals surface area contributed by atoms with E-state index in [1.165, 1.54) is 0 Å². The summed E-state index contributed by atoms with van der Waals surface area (Å²) in [5.41, 5.74) is 1.87. The van der Waals surface area contributed by atoms with Gasteiger partial charge in [-0.15, -0.1) is 12.4 Å². The van der Waals surface area contributed by atoms with Gasteiger partial charge in [-0.25, -0.2) is 8.42 Å². The summed E-state index contributed by atoms with van der Waals surface area (Å²) in [6.45, 7) is 2.33. The van der Waals surface area contributed by atoms with Crippen molar-refractivity contribution in [3.63, 3.8) is 0 Å². The van der Waals surface area contributed by atoms with Crippen LogP contribution in [-0.4, -0.2) is 39.5 Å². The fourth-order valence-electron chi connectivity index (χ4n) is 4.25. The molecule has 0 amide bonds. The molecule has 0 aromatic heterocycles. The third kappa shape index (κ3) is 3.99. The second-order valence-corrected chi connectivity index (χ2v) is 9.03. The number of hydrogen-bond acceptors (Lipinski definition) is 4. The number of nitrogens with one attached hydrogen (secondary N) is 1. The number of nitrogens with zero attached hydrogens (tertiary/aromatic N) is 1. The molecule has 3 atom stereocenters. The van der Waals surface area contributed by atoms with Gasteiger partial charge < -0.3 is 10.1 Å². The minimum atomic E-state index is -3.39. The van der Waals surface area contributed by atoms with Crippen LogP contribution in [0.2, 0.25) is 0 Å². The summed E-state index contributed by atoms with van der Waals surface area (Å²) in [5, 5.41) is 3.42. The maximum absolute atomic E-state index is 13.2. The summed E-state index contributed by atoms with van der Waals surface area (Å²) < 4.78 is 33.4. The van der Waals surface area contributed by atoms with Crippen molar-refractivity contribution < 1.29 is 13.2 Å². The van der Waals surface area contributed by atoms with Crippen LogP contribution in [0.25, 0.3) is 0 Å². The van der Waals surface area contributed by atoms with Gasteiger partial charge in [0.05, 0.1) is 18.9 Å². The minimum Gasteiger partial charge on any atom is -0.497 e. The summed E-state index contributed by atoms with van der Waals surface area (Å²) >= 11 is 0. The summed E-state index contributed by atoms with van der Waals surface area (Å²) in [6, 6.07) is 17.1. The second kappa shape index (κ2) is 8.19. The quantitative estimate of drug-likeness (QED) is 0.826. The van der Waals surface area contributed by atoms with Gasteiger partial charge in [0.2, 0.25) is 10.0 Å². The van der Waals surface area contributed by atoms with Crippen molar-refractivity contribution in [3.05, 3.63) is 65.7 Å². The third-order valence-electron chi connectivity index (χ3n) is 5.53. The van der Waals surface area contributed by atoms with E-state index in [1.54, 1.807) is 11.4 Å². The van der Waals surface area contributed by atoms with Crippen molar-refractivity contribution in [1.29, 1.82) is 0 Å². The number of halogens is 1. The molecular formula is C20H25ClN2O3S. The van der Waals surface area contributed by atoms with E-state index < -0.39 is 10.0 Å². The molecule has 27 heavy (non-hydrogen) atoms. The molecule has 1 N–H and O–H groups in total. The van der Waals surface area contributed by atoms with Crippen molar-refractivity contribution in [2.45, 2.75) is 11.8 Å². The van der Waals surface area contributed by atoms with Gasteiger partial charge in [0, 0.05) is 13.1 Å². The number of methoxy groups -OCH3 is 1. The lowest BCUT2D eigenvalue weighted by Gasteiger charge is -2.28. The highest BCUT2D eigenvalue weighted by Gasteiger charge is 2.49. The molecule has 146 valence electrons. The lowest BCUT2D eigenvalue weighted by Crippen LogP contribution is -2.35. The summed E-state index contributed by atoms with van der Waals surface area (Å²) in [6.07, 6.45) is 0. The average Bonchev–Trinajstić information content (AvgIpc) is 3.24. The lowest BCUT2D eigenvalue weighted by atomic mass is 9.90. The van der Waals surface area contributed by atoms with E-state index in [9.17, 15) is 8.42 Å². The van der Waals surface area contributed by atoms with Gasteiger partial charge in [-0.05, 0) is 41.6 Å². The molecule has 7 heteroatoms. The van der Waals surface area contributed by atoms with Crippen LogP contribution < -0.4 is 10.1 Å². The molecule has 2 saturated heterocycles. The molecule has 2 fully saturated rings. The predicted octanol–water partition coefficient (Wildman–Crippen LogP) is 2.84. The van der Waals surface area contributed by atoms with Crippen molar-refractivity contribution in [3.8, 4) is 5.75 Å². The first kappa shape index (κ1) is 20.1. The monoisotopic (exact) mass is 408 g/mol. The van der Waals surface area contributed by atoms with Crippen LogP contribution >= 0.6 is 12.4 Å². The number of sulfonamides is 1. The van der Waals surface area contributed by atoms with Gasteiger partial charge in [-0.3, -0.25) is 0 Å². The van der Waals surface area contributed by atoms with E-state index in [0.717, 1.165) is 30.0 Å². The van der Waals surface area contributed by atoms with Crippen LogP contribution in [0.15, 0.2) is 54.6 Å². The topological polar surface area (TPSA) is 58.6 Å². The number of ether oxygens (including phenoxy) is 1. The second-order valence-electron chi connectivity index (χ2n) is 7.11. The van der Waals surface area contributed by atoms with Crippen molar-refractivity contribution in [2.24, 2.45) is 11.8 Å². The number of fused-ring (bicyclic) bond motifs is 1. The van der Waals surface area contributed by atoms with E-state index in [0.29, 0.717) is 18.4 Å². The first-order valence-electron chi connectivity index (χ1n) is 8.96. The average molecular weight is 409 g/mol. The van der Waals surface area contributed by atoms with Crippen LogP contribution in [-0.2, 0) is 15.8 Å². The Morgan fingerprint density at radius 1 is 1.07 bits per heavy atom. The fraction of sp³-hybridized carbons (Fsp3) is 0.400. The molecule has 0 aliphatic carbocycles. The summed E-state index contributed by atoms with van der Waals surface area (Å²) in [4.78, 5) is 0. The smallest absolute Gasteiger partial charge is 0.218 e. The standard InChI is InChI=1S/C20H24N2O3S.ClH/c1-25-18-9-7-16(8-10-18)20-19-12-21-11-17(19)13-22(20)26(23,24)14-15-5-3-2-4-6-15;/h2-10,17,19-21H,11-14H2,1H3;1H/t17-,19-,20+;/m0./s1. The normalized spacial score (nSPS) is 25.0. The Kier molecular flexibility index (Phi) is 6.11. The lowest BCUT2D eigenvalue weighted by molar-refractivity contribution is 0.344. The molecule has 2 aromatic carbocycles. The van der Waals surface area contributed by atoms with E-state index >= 15 is 0 Å². The van der Waals surface area contributed by atoms with Crippen LogP contribution in [0.4, 0.5) is 0 Å². The van der Waals surface area contributed by atoms with Gasteiger partial charge >= 0.3 is 0 Å². The molecule has 5 nitrogen and oxygen atoms in total. The maximum Gasteiger partial charge on any atom is 0.218 e. The number of hydrogen-bond donors (Lipinski definition) is 1. The third-order valence-corrected chi connectivity index (χ3v) is 7.32. The molecule has 4 rings (SSSR count). The van der Waals surface area contributed by atoms with Gasteiger partial charge in [0.15, 0.2) is 0 Å². The Morgan fingerprint density at radius 2 is 1.78 bits per heavy atom. The van der Waals surface area contributed by atoms with Gasteiger partial charge in [-0.1, -0.05) is 42.5 Å². The predicted molar refractivity (Wildman–Crippen MR) is 109 cm³/mol. The highest BCUT2D eigenvalue weighted by atomic mass is 35.5. The van der Waals surface area contributed by atoms with Crippen molar-refractivity contribution >= 4 is 22.4 Å². The maximum atomic E-state index is 13.2. The van der Waals surface area contributed by atoms with Crippen LogP contribution in [0.3, 0.4) is 0 Å². The van der Waals surface area contributed by atoms with Crippen LogP contribution in [0.5, 0.6) is 5.75 Å². The molecule has 0 unspecified atom stereocenters. The molecule has 0 spiro atoms. The fourth-order valence-corrected chi connectivity index (χ4v) is 6.07. The molecule has 2 aromatic rings. The van der Waals surface area contributed by atoms with Gasteiger partial charge in [0.25, 0.3) is 0 Å². The largest absolute Gasteiger partial charge is 0.497 e. The summed E-state index contributed by atoms with van der Waals surface area (Å²) in [7, 11) is -1.76. The zero-order chi connectivity index (χ0) is 18.1. The molecule has 0 saturated carbocycles. The first-order chi connectivity index (χ1) is 12.6. The Bertz CT molecular complexity index is 859. The van der Waals surface area contributed by atoms with Crippen LogP contribution in [0, 0.1) is 11.8 Å². The van der Waals surface area contributed by atoms with Crippen molar-refractivity contribution in [1.82, 2.24) is 9.62 Å². The Hall–Kier alpha value is -1.60. The molecular weight excluding hydrogens is 384 g/mol. The van der Waals surface area contributed by atoms with Crippen LogP contribution in [0.1, 0.15) is 17.2 Å². The van der Waals surface area contributed by atoms with E-state index in [1.807, 2.05) is 54.6 Å². The number of benzene rings is 2. The van der Waals surface area contributed by atoms with Crippen molar-refractivity contribution in [2.75, 3.05) is 26.7 Å². The first-order valence-corrected chi connectivity index (χ1v) is 10.6. The molecule has 2 aliphatic heterocycles. The molecule has 2 aliphatic rings. The SMILES string of the molecule is COc1ccc([C@@H]2[C@H]3CNC[C@H]3CN2S(=O)(=O)Cc2ccccc2)cc1.Cl. The Labute approximate surface area is 167 Å². The van der Waals surface area contributed by atoms with E-state index in [4.69, 9.17) is 4.74 Å². The Morgan fingerprint density at radius 3 is 2.44 bits per heavy atom. The Balaban J connectivity index is 0.00000210. The van der Waals surface area contributed by atoms with Gasteiger partial charge in [-0.2, -0.15) is 4.31 Å². The molecule has 0 bridgehead atoms. The summed E-state index contributed by atoms with van der Waals surface area (Å²) in [5.74, 6) is 1.51. The number of rotatable bonds is 5.